The van der Waals surface area contributed by atoms with Crippen LogP contribution in [-0.2, 0) is 0 Å². The molecule has 0 bridgehead atoms. The Labute approximate surface area is 111 Å². The summed E-state index contributed by atoms with van der Waals surface area (Å²) in [4.78, 5) is 19.9. The number of nitrogens with zero attached hydrogens (tertiary/aromatic N) is 3. The highest BCUT2D eigenvalue weighted by atomic mass is 16.6. The summed E-state index contributed by atoms with van der Waals surface area (Å²) in [5, 5.41) is 32.5. The van der Waals surface area contributed by atoms with Crippen molar-refractivity contribution in [3.05, 3.63) is 68.2 Å². The largest absolute Gasteiger partial charge is 0.619 e. The van der Waals surface area contributed by atoms with Crippen LogP contribution in [0.3, 0.4) is 0 Å². The third-order valence-electron chi connectivity index (χ3n) is 2.33. The molecule has 9 heteroatoms. The quantitative estimate of drug-likeness (QED) is 0.364. The van der Waals surface area contributed by atoms with Crippen LogP contribution in [0.15, 0.2) is 42.7 Å². The number of pyridine rings is 1. The maximum atomic E-state index is 11.1. The van der Waals surface area contributed by atoms with E-state index in [1.54, 1.807) is 0 Å². The summed E-state index contributed by atoms with van der Waals surface area (Å²) in [6.07, 6.45) is 2.29. The zero-order chi connectivity index (χ0) is 14.7. The lowest BCUT2D eigenvalue weighted by Crippen LogP contribution is -2.23. The third-order valence-corrected chi connectivity index (χ3v) is 2.33. The van der Waals surface area contributed by atoms with Crippen molar-refractivity contribution in [3.8, 4) is 11.5 Å². The van der Waals surface area contributed by atoms with Crippen molar-refractivity contribution in [2.75, 3.05) is 0 Å². The molecule has 0 amide bonds. The summed E-state index contributed by atoms with van der Waals surface area (Å²) in [7, 11) is 0. The van der Waals surface area contributed by atoms with Crippen LogP contribution in [0.5, 0.6) is 11.5 Å². The van der Waals surface area contributed by atoms with Gasteiger partial charge >= 0.3 is 5.69 Å². The van der Waals surface area contributed by atoms with E-state index >= 15 is 0 Å². The summed E-state index contributed by atoms with van der Waals surface area (Å²) in [6.45, 7) is 0. The van der Waals surface area contributed by atoms with Crippen LogP contribution in [-0.4, -0.2) is 9.85 Å². The van der Waals surface area contributed by atoms with Gasteiger partial charge in [0.1, 0.15) is 0 Å². The van der Waals surface area contributed by atoms with Crippen LogP contribution in [0.4, 0.5) is 11.4 Å². The van der Waals surface area contributed by atoms with Gasteiger partial charge in [-0.3, -0.25) is 20.2 Å². The molecular formula is C11H7N3O6. The first-order valence-electron chi connectivity index (χ1n) is 5.27. The SMILES string of the molecule is O=[N+]([O-])c1ccc(Oc2ccc[n+]([O-])c2)c([N+](=O)[O-])c1. The molecule has 0 aliphatic heterocycles. The molecule has 0 saturated carbocycles. The van der Waals surface area contributed by atoms with Gasteiger partial charge < -0.3 is 9.94 Å². The molecule has 20 heavy (non-hydrogen) atoms. The van der Waals surface area contributed by atoms with Gasteiger partial charge in [-0.1, -0.05) is 0 Å². The first-order chi connectivity index (χ1) is 9.47. The Morgan fingerprint density at radius 1 is 1.10 bits per heavy atom. The van der Waals surface area contributed by atoms with E-state index in [-0.39, 0.29) is 11.5 Å². The zero-order valence-corrected chi connectivity index (χ0v) is 9.83. The van der Waals surface area contributed by atoms with E-state index in [1.807, 2.05) is 0 Å². The van der Waals surface area contributed by atoms with Crippen LogP contribution in [0.1, 0.15) is 0 Å². The minimum absolute atomic E-state index is 0.0828. The maximum Gasteiger partial charge on any atom is 0.318 e. The van der Waals surface area contributed by atoms with Gasteiger partial charge in [-0.2, -0.15) is 4.73 Å². The Bertz CT molecular complexity index is 688. The third kappa shape index (κ3) is 2.77. The van der Waals surface area contributed by atoms with Crippen LogP contribution in [0.2, 0.25) is 0 Å². The lowest BCUT2D eigenvalue weighted by atomic mass is 10.2. The number of rotatable bonds is 4. The standard InChI is InChI=1S/C11H7N3O6/c15-12-5-1-2-9(7-12)20-11-4-3-8(13(16)17)6-10(11)14(18)19/h1-7H. The molecule has 1 aromatic carbocycles. The number of hydrogen-bond donors (Lipinski definition) is 0. The van der Waals surface area contributed by atoms with Crippen LogP contribution in [0.25, 0.3) is 0 Å². The number of nitro groups is 2. The highest BCUT2D eigenvalue weighted by Gasteiger charge is 2.21. The van der Waals surface area contributed by atoms with Crippen molar-refractivity contribution in [1.82, 2.24) is 0 Å². The highest BCUT2D eigenvalue weighted by Crippen LogP contribution is 2.33. The summed E-state index contributed by atoms with van der Waals surface area (Å²) in [6, 6.07) is 5.82. The molecule has 2 aromatic rings. The number of aromatic nitrogens is 1. The zero-order valence-electron chi connectivity index (χ0n) is 9.83. The lowest BCUT2D eigenvalue weighted by molar-refractivity contribution is -0.605. The molecule has 1 heterocycles. The van der Waals surface area contributed by atoms with Crippen molar-refractivity contribution in [3.63, 3.8) is 0 Å². The number of benzene rings is 1. The first-order valence-corrected chi connectivity index (χ1v) is 5.27. The van der Waals surface area contributed by atoms with Gasteiger partial charge in [0.25, 0.3) is 5.69 Å². The van der Waals surface area contributed by atoms with Crippen LogP contribution in [0, 0.1) is 25.4 Å². The van der Waals surface area contributed by atoms with Crippen molar-refractivity contribution >= 4 is 11.4 Å². The first kappa shape index (κ1) is 13.2. The van der Waals surface area contributed by atoms with Crippen molar-refractivity contribution in [1.29, 1.82) is 0 Å². The Hall–Kier alpha value is -3.23. The molecule has 9 nitrogen and oxygen atoms in total. The van der Waals surface area contributed by atoms with E-state index in [9.17, 15) is 25.4 Å². The Kier molecular flexibility index (Phi) is 3.42. The van der Waals surface area contributed by atoms with Gasteiger partial charge in [-0.15, -0.1) is 0 Å². The van der Waals surface area contributed by atoms with Crippen molar-refractivity contribution in [2.24, 2.45) is 0 Å². The van der Waals surface area contributed by atoms with Gasteiger partial charge in [0.15, 0.2) is 11.9 Å². The van der Waals surface area contributed by atoms with Gasteiger partial charge in [-0.05, 0) is 12.1 Å². The molecular weight excluding hydrogens is 270 g/mol. The predicted molar refractivity (Wildman–Crippen MR) is 65.2 cm³/mol. The maximum absolute atomic E-state index is 11.1. The Morgan fingerprint density at radius 2 is 1.85 bits per heavy atom. The molecule has 2 rings (SSSR count). The topological polar surface area (TPSA) is 122 Å². The molecule has 0 N–H and O–H groups in total. The monoisotopic (exact) mass is 277 g/mol. The molecule has 0 saturated heterocycles. The lowest BCUT2D eigenvalue weighted by Gasteiger charge is -2.05. The second-order valence-electron chi connectivity index (χ2n) is 3.67. The minimum Gasteiger partial charge on any atom is -0.619 e. The van der Waals surface area contributed by atoms with E-state index in [4.69, 9.17) is 4.74 Å². The highest BCUT2D eigenvalue weighted by molar-refractivity contribution is 5.54. The van der Waals surface area contributed by atoms with Crippen molar-refractivity contribution < 1.29 is 19.3 Å². The molecule has 0 aliphatic rings. The fraction of sp³-hybridized carbons (Fsp3) is 0. The smallest absolute Gasteiger partial charge is 0.318 e. The Morgan fingerprint density at radius 3 is 2.45 bits per heavy atom. The normalized spacial score (nSPS) is 10.0. The molecule has 0 fully saturated rings. The predicted octanol–water partition coefficient (Wildman–Crippen LogP) is 1.93. The average molecular weight is 277 g/mol. The number of nitro benzene ring substituents is 2. The van der Waals surface area contributed by atoms with Gasteiger partial charge in [0.2, 0.25) is 11.9 Å². The summed E-state index contributed by atoms with van der Waals surface area (Å²) >= 11 is 0. The van der Waals surface area contributed by atoms with Crippen molar-refractivity contribution in [2.45, 2.75) is 0 Å². The van der Waals surface area contributed by atoms with E-state index in [0.717, 1.165) is 24.4 Å². The second kappa shape index (κ2) is 5.18. The van der Waals surface area contributed by atoms with Gasteiger partial charge in [0, 0.05) is 12.1 Å². The molecule has 0 atom stereocenters. The molecule has 0 spiro atoms. The number of non-ortho nitro benzene ring substituents is 1. The average Bonchev–Trinajstić information content (AvgIpc) is 2.38. The fourth-order valence-corrected chi connectivity index (χ4v) is 1.47. The summed E-state index contributed by atoms with van der Waals surface area (Å²) < 4.78 is 5.67. The molecule has 102 valence electrons. The van der Waals surface area contributed by atoms with E-state index in [1.165, 1.54) is 18.3 Å². The van der Waals surface area contributed by atoms with E-state index in [0.29, 0.717) is 4.73 Å². The molecule has 0 unspecified atom stereocenters. The van der Waals surface area contributed by atoms with E-state index in [2.05, 4.69) is 0 Å². The van der Waals surface area contributed by atoms with Gasteiger partial charge in [0.05, 0.1) is 15.9 Å². The summed E-state index contributed by atoms with van der Waals surface area (Å²) in [5.41, 5.74) is -0.975. The summed E-state index contributed by atoms with van der Waals surface area (Å²) in [5.74, 6) is -0.105. The molecule has 0 aliphatic carbocycles. The van der Waals surface area contributed by atoms with E-state index < -0.39 is 21.2 Å². The molecule has 0 radical (unpaired) electrons. The minimum atomic E-state index is -0.795. The Balaban J connectivity index is 2.41. The second-order valence-corrected chi connectivity index (χ2v) is 3.67. The fourth-order valence-electron chi connectivity index (χ4n) is 1.47. The number of ether oxygens (including phenoxy) is 1. The van der Waals surface area contributed by atoms with Crippen LogP contribution < -0.4 is 9.47 Å². The molecule has 1 aromatic heterocycles. The van der Waals surface area contributed by atoms with Gasteiger partial charge in [-0.25, -0.2) is 0 Å². The number of hydrogen-bond acceptors (Lipinski definition) is 6. The van der Waals surface area contributed by atoms with Crippen LogP contribution >= 0.6 is 0 Å².